The summed E-state index contributed by atoms with van der Waals surface area (Å²) in [5.74, 6) is 0.508. The summed E-state index contributed by atoms with van der Waals surface area (Å²) in [7, 11) is 0. The lowest BCUT2D eigenvalue weighted by Gasteiger charge is -2.19. The van der Waals surface area contributed by atoms with Crippen molar-refractivity contribution >= 4 is 22.4 Å². The second-order valence-corrected chi connectivity index (χ2v) is 7.27. The van der Waals surface area contributed by atoms with Crippen LogP contribution in [0.15, 0.2) is 54.9 Å². The molecule has 3 heterocycles. The van der Waals surface area contributed by atoms with Crippen LogP contribution in [0.4, 0.5) is 5.82 Å². The fraction of sp³-hybridized carbons (Fsp3) is 0.238. The number of pyridine rings is 1. The van der Waals surface area contributed by atoms with Crippen LogP contribution in [0.3, 0.4) is 0 Å². The number of aliphatic hydroxyl groups is 2. The summed E-state index contributed by atoms with van der Waals surface area (Å²) in [5, 5.41) is 29.3. The van der Waals surface area contributed by atoms with Gasteiger partial charge < -0.3 is 15.5 Å². The van der Waals surface area contributed by atoms with E-state index in [0.29, 0.717) is 17.9 Å². The maximum Gasteiger partial charge on any atom is 0.157 e. The Hall–Kier alpha value is -3.03. The normalized spacial score (nSPS) is 24.8. The van der Waals surface area contributed by atoms with Crippen molar-refractivity contribution in [3.8, 4) is 11.3 Å². The van der Waals surface area contributed by atoms with Gasteiger partial charge in [-0.05, 0) is 43.5 Å². The predicted octanol–water partition coefficient (Wildman–Crippen LogP) is 2.30. The zero-order valence-corrected chi connectivity index (χ0v) is 15.1. The van der Waals surface area contributed by atoms with Gasteiger partial charge >= 0.3 is 0 Å². The molecule has 1 aliphatic carbocycles. The van der Waals surface area contributed by atoms with Crippen molar-refractivity contribution in [2.45, 2.75) is 24.7 Å². The summed E-state index contributed by atoms with van der Waals surface area (Å²) in [4.78, 5) is 8.75. The highest BCUT2D eigenvalue weighted by Crippen LogP contribution is 2.29. The fourth-order valence-corrected chi connectivity index (χ4v) is 3.84. The molecule has 141 valence electrons. The molecule has 5 rings (SSSR count). The molecule has 0 spiro atoms. The van der Waals surface area contributed by atoms with Crippen molar-refractivity contribution in [2.75, 3.05) is 5.32 Å². The van der Waals surface area contributed by atoms with E-state index in [9.17, 15) is 10.2 Å². The summed E-state index contributed by atoms with van der Waals surface area (Å²) in [6.07, 6.45) is 2.37. The van der Waals surface area contributed by atoms with Gasteiger partial charge in [-0.3, -0.25) is 4.98 Å². The third-order valence-corrected chi connectivity index (χ3v) is 5.39. The van der Waals surface area contributed by atoms with Crippen LogP contribution in [-0.4, -0.2) is 48.0 Å². The zero-order valence-electron chi connectivity index (χ0n) is 15.1. The smallest absolute Gasteiger partial charge is 0.157 e. The van der Waals surface area contributed by atoms with E-state index in [1.807, 2.05) is 36.4 Å². The monoisotopic (exact) mass is 374 g/mol. The number of hydrogen-bond donors (Lipinski definition) is 3. The van der Waals surface area contributed by atoms with Gasteiger partial charge in [-0.2, -0.15) is 9.61 Å². The second-order valence-electron chi connectivity index (χ2n) is 7.27. The van der Waals surface area contributed by atoms with Crippen LogP contribution in [0.1, 0.15) is 6.42 Å². The number of aliphatic hydroxyl groups excluding tert-OH is 2. The number of benzene rings is 1. The molecule has 0 aliphatic heterocycles. The number of fused-ring (bicyclic) bond motifs is 2. The van der Waals surface area contributed by atoms with E-state index >= 15 is 0 Å². The van der Waals surface area contributed by atoms with Gasteiger partial charge in [-0.1, -0.05) is 12.1 Å². The molecule has 1 radical (unpaired) electrons. The lowest BCUT2D eigenvalue weighted by Crippen LogP contribution is -2.35. The van der Waals surface area contributed by atoms with Gasteiger partial charge in [0.15, 0.2) is 5.65 Å². The molecule has 0 amide bonds. The minimum atomic E-state index is -0.867. The number of rotatable bonds is 3. The lowest BCUT2D eigenvalue weighted by molar-refractivity contribution is 0.0256. The van der Waals surface area contributed by atoms with E-state index in [1.54, 1.807) is 16.9 Å². The van der Waals surface area contributed by atoms with E-state index in [0.717, 1.165) is 22.2 Å². The van der Waals surface area contributed by atoms with Crippen molar-refractivity contribution in [3.63, 3.8) is 0 Å². The molecule has 0 saturated heterocycles. The van der Waals surface area contributed by atoms with Gasteiger partial charge in [0.2, 0.25) is 0 Å². The SMILES string of the molecule is [CH2][C@@H]1C[C@@H](Nc2ccnc3cc(-c4ccc5ncccc5c4)nn23)[C@H](O)[C@@H]1O. The number of hydrogen-bond acceptors (Lipinski definition) is 6. The van der Waals surface area contributed by atoms with Gasteiger partial charge in [0.05, 0.1) is 23.4 Å². The van der Waals surface area contributed by atoms with E-state index < -0.39 is 12.2 Å². The molecule has 3 N–H and O–H groups in total. The summed E-state index contributed by atoms with van der Waals surface area (Å²) >= 11 is 0. The summed E-state index contributed by atoms with van der Waals surface area (Å²) in [5.41, 5.74) is 3.41. The molecule has 1 aromatic carbocycles. The van der Waals surface area contributed by atoms with Crippen LogP contribution in [0.2, 0.25) is 0 Å². The predicted molar refractivity (Wildman–Crippen MR) is 107 cm³/mol. The topological polar surface area (TPSA) is 95.6 Å². The number of nitrogens with one attached hydrogen (secondary N) is 1. The number of nitrogens with zero attached hydrogens (tertiary/aromatic N) is 4. The number of anilines is 1. The molecule has 28 heavy (non-hydrogen) atoms. The van der Waals surface area contributed by atoms with Crippen LogP contribution in [-0.2, 0) is 0 Å². The quantitative estimate of drug-likeness (QED) is 0.509. The van der Waals surface area contributed by atoms with E-state index in [2.05, 4.69) is 28.3 Å². The van der Waals surface area contributed by atoms with Crippen LogP contribution in [0.25, 0.3) is 27.8 Å². The molecule has 7 nitrogen and oxygen atoms in total. The third-order valence-electron chi connectivity index (χ3n) is 5.39. The maximum absolute atomic E-state index is 10.2. The van der Waals surface area contributed by atoms with Crippen LogP contribution >= 0.6 is 0 Å². The summed E-state index contributed by atoms with van der Waals surface area (Å²) in [6, 6.07) is 13.4. The first kappa shape index (κ1) is 17.1. The third kappa shape index (κ3) is 2.80. The first-order valence-corrected chi connectivity index (χ1v) is 9.26. The van der Waals surface area contributed by atoms with Gasteiger partial charge in [0.25, 0.3) is 0 Å². The Kier molecular flexibility index (Phi) is 3.99. The average Bonchev–Trinajstić information content (AvgIpc) is 3.26. The van der Waals surface area contributed by atoms with E-state index in [-0.39, 0.29) is 12.0 Å². The molecule has 4 atom stereocenters. The van der Waals surface area contributed by atoms with Crippen molar-refractivity contribution in [3.05, 3.63) is 61.8 Å². The Labute approximate surface area is 161 Å². The van der Waals surface area contributed by atoms with Crippen molar-refractivity contribution in [1.82, 2.24) is 19.6 Å². The zero-order chi connectivity index (χ0) is 19.3. The first-order valence-electron chi connectivity index (χ1n) is 9.26. The highest BCUT2D eigenvalue weighted by molar-refractivity contribution is 5.84. The van der Waals surface area contributed by atoms with E-state index in [1.165, 1.54) is 0 Å². The molecule has 0 unspecified atom stereocenters. The Morgan fingerprint density at radius 3 is 2.75 bits per heavy atom. The molecule has 4 aromatic rings. The minimum Gasteiger partial charge on any atom is -0.390 e. The highest BCUT2D eigenvalue weighted by Gasteiger charge is 2.39. The van der Waals surface area contributed by atoms with Gasteiger partial charge in [0, 0.05) is 29.4 Å². The summed E-state index contributed by atoms with van der Waals surface area (Å²) < 4.78 is 1.72. The number of aromatic nitrogens is 4. The highest BCUT2D eigenvalue weighted by atomic mass is 16.3. The Morgan fingerprint density at radius 1 is 1.04 bits per heavy atom. The fourth-order valence-electron chi connectivity index (χ4n) is 3.84. The Bertz CT molecular complexity index is 1160. The molecule has 1 aliphatic rings. The van der Waals surface area contributed by atoms with Crippen molar-refractivity contribution in [1.29, 1.82) is 0 Å². The Morgan fingerprint density at radius 2 is 1.93 bits per heavy atom. The molecule has 7 heteroatoms. The van der Waals surface area contributed by atoms with E-state index in [4.69, 9.17) is 5.10 Å². The molecular formula is C21H20N5O2. The minimum absolute atomic E-state index is 0.204. The van der Waals surface area contributed by atoms with Gasteiger partial charge in [-0.25, -0.2) is 4.98 Å². The molecular weight excluding hydrogens is 354 g/mol. The van der Waals surface area contributed by atoms with Gasteiger partial charge in [0.1, 0.15) is 11.9 Å². The Balaban J connectivity index is 1.52. The van der Waals surface area contributed by atoms with Crippen molar-refractivity contribution in [2.24, 2.45) is 5.92 Å². The maximum atomic E-state index is 10.2. The largest absolute Gasteiger partial charge is 0.390 e. The molecule has 3 aromatic heterocycles. The van der Waals surface area contributed by atoms with Crippen LogP contribution in [0.5, 0.6) is 0 Å². The summed E-state index contributed by atoms with van der Waals surface area (Å²) in [6.45, 7) is 3.90. The average molecular weight is 374 g/mol. The lowest BCUT2D eigenvalue weighted by atomic mass is 10.1. The second kappa shape index (κ2) is 6.54. The van der Waals surface area contributed by atoms with Crippen molar-refractivity contribution < 1.29 is 10.2 Å². The van der Waals surface area contributed by atoms with Crippen LogP contribution < -0.4 is 5.32 Å². The standard InChI is InChI=1S/C21H20N5O2/c1-12-9-17(21(28)20(12)27)24-18-6-8-23-19-11-16(25-26(18)19)14-4-5-15-13(10-14)3-2-7-22-15/h2-8,10-12,17,20-21,24,27-28H,1,9H2/t12-,17-,20-,21+/m1/s1. The van der Waals surface area contributed by atoms with Gasteiger partial charge in [-0.15, -0.1) is 0 Å². The molecule has 0 bridgehead atoms. The van der Waals surface area contributed by atoms with Crippen LogP contribution in [0, 0.1) is 12.8 Å². The molecule has 1 saturated carbocycles. The molecule has 1 fully saturated rings. The first-order chi connectivity index (χ1) is 13.6.